The number of anilines is 1. The van der Waals surface area contributed by atoms with E-state index in [1.165, 1.54) is 11.3 Å². The predicted octanol–water partition coefficient (Wildman–Crippen LogP) is 3.95. The van der Waals surface area contributed by atoms with Gasteiger partial charge in [0.05, 0.1) is 18.7 Å². The first-order chi connectivity index (χ1) is 14.0. The summed E-state index contributed by atoms with van der Waals surface area (Å²) < 4.78 is 0. The van der Waals surface area contributed by atoms with Crippen molar-refractivity contribution in [2.75, 3.05) is 11.9 Å². The zero-order valence-electron chi connectivity index (χ0n) is 16.6. The molecule has 2 aromatic carbocycles. The van der Waals surface area contributed by atoms with Crippen molar-refractivity contribution < 1.29 is 9.59 Å². The molecular weight excluding hydrogens is 384 g/mol. The molecule has 0 saturated heterocycles. The average Bonchev–Trinajstić information content (AvgIpc) is 3.08. The zero-order valence-corrected chi connectivity index (χ0v) is 17.4. The molecule has 0 unspecified atom stereocenters. The lowest BCUT2D eigenvalue weighted by Gasteiger charge is -2.26. The smallest absolute Gasteiger partial charge is 0.321 e. The van der Waals surface area contributed by atoms with Gasteiger partial charge in [0.15, 0.2) is 5.13 Å². The predicted molar refractivity (Wildman–Crippen MR) is 116 cm³/mol. The summed E-state index contributed by atoms with van der Waals surface area (Å²) in [5, 5.41) is 8.44. The number of aromatic nitrogens is 1. The Morgan fingerprint density at radius 3 is 2.79 bits per heavy atom. The lowest BCUT2D eigenvalue weighted by atomic mass is 10.0. The number of fused-ring (bicyclic) bond motifs is 2. The van der Waals surface area contributed by atoms with Gasteiger partial charge in [-0.05, 0) is 30.2 Å². The quantitative estimate of drug-likeness (QED) is 0.686. The van der Waals surface area contributed by atoms with Crippen LogP contribution in [0.4, 0.5) is 9.93 Å². The van der Waals surface area contributed by atoms with Crippen LogP contribution in [0, 0.1) is 0 Å². The molecule has 0 radical (unpaired) electrons. The third-order valence-corrected chi connectivity index (χ3v) is 5.94. The highest BCUT2D eigenvalue weighted by Crippen LogP contribution is 2.29. The molecule has 0 aliphatic carbocycles. The molecule has 1 aliphatic heterocycles. The minimum atomic E-state index is -0.255. The molecule has 0 bridgehead atoms. The fourth-order valence-electron chi connectivity index (χ4n) is 3.58. The maximum absolute atomic E-state index is 13.0. The monoisotopic (exact) mass is 408 g/mol. The molecule has 0 fully saturated rings. The van der Waals surface area contributed by atoms with Gasteiger partial charge in [-0.15, -0.1) is 0 Å². The molecule has 0 saturated carbocycles. The molecule has 3 amide bonds. The van der Waals surface area contributed by atoms with Gasteiger partial charge < -0.3 is 10.2 Å². The normalized spacial score (nSPS) is 13.4. The van der Waals surface area contributed by atoms with Gasteiger partial charge >= 0.3 is 6.03 Å². The van der Waals surface area contributed by atoms with Gasteiger partial charge in [0.2, 0.25) is 5.91 Å². The summed E-state index contributed by atoms with van der Waals surface area (Å²) in [7, 11) is 0. The summed E-state index contributed by atoms with van der Waals surface area (Å²) in [6.07, 6.45) is 1.10. The average molecular weight is 409 g/mol. The fraction of sp³-hybridized carbons (Fsp3) is 0.318. The van der Waals surface area contributed by atoms with E-state index in [-0.39, 0.29) is 18.0 Å². The largest absolute Gasteiger partial charge is 0.337 e. The molecule has 7 heteroatoms. The number of benzene rings is 2. The van der Waals surface area contributed by atoms with E-state index in [0.29, 0.717) is 31.1 Å². The van der Waals surface area contributed by atoms with Crippen molar-refractivity contribution in [2.24, 2.45) is 0 Å². The van der Waals surface area contributed by atoms with E-state index in [9.17, 15) is 9.59 Å². The Labute approximate surface area is 173 Å². The van der Waals surface area contributed by atoms with Crippen LogP contribution in [0.25, 0.3) is 10.8 Å². The summed E-state index contributed by atoms with van der Waals surface area (Å²) in [6.45, 7) is 5.01. The highest BCUT2D eigenvalue weighted by atomic mass is 32.1. The maximum atomic E-state index is 13.0. The number of hydrogen-bond acceptors (Lipinski definition) is 4. The maximum Gasteiger partial charge on any atom is 0.321 e. The fourth-order valence-corrected chi connectivity index (χ4v) is 4.60. The van der Waals surface area contributed by atoms with Crippen LogP contribution in [0.3, 0.4) is 0 Å². The van der Waals surface area contributed by atoms with Crippen molar-refractivity contribution in [1.29, 1.82) is 0 Å². The molecule has 6 nitrogen and oxygen atoms in total. The number of urea groups is 1. The molecule has 2 heterocycles. The SMILES string of the molecule is CC(C)NC(=O)Nc1nc2c(s1)CN(C(=O)Cc1cccc3ccccc13)CC2. The Morgan fingerprint density at radius 2 is 1.97 bits per heavy atom. The molecule has 1 aromatic heterocycles. The van der Waals surface area contributed by atoms with Crippen LogP contribution in [0.1, 0.15) is 30.0 Å². The second-order valence-electron chi connectivity index (χ2n) is 7.52. The zero-order chi connectivity index (χ0) is 20.4. The molecule has 3 aromatic rings. The molecule has 1 aliphatic rings. The summed E-state index contributed by atoms with van der Waals surface area (Å²) in [5.74, 6) is 0.118. The summed E-state index contributed by atoms with van der Waals surface area (Å²) >= 11 is 1.44. The molecule has 0 atom stereocenters. The first kappa shape index (κ1) is 19.4. The van der Waals surface area contributed by atoms with Gasteiger partial charge in [0.25, 0.3) is 0 Å². The van der Waals surface area contributed by atoms with Crippen LogP contribution >= 0.6 is 11.3 Å². The Morgan fingerprint density at radius 1 is 1.17 bits per heavy atom. The number of carbonyl (C=O) groups is 2. The van der Waals surface area contributed by atoms with E-state index in [2.05, 4.69) is 33.8 Å². The molecule has 4 rings (SSSR count). The van der Waals surface area contributed by atoms with Crippen LogP contribution in [0.5, 0.6) is 0 Å². The number of carbonyl (C=O) groups excluding carboxylic acids is 2. The minimum absolute atomic E-state index is 0.0618. The van der Waals surface area contributed by atoms with Gasteiger partial charge in [-0.3, -0.25) is 10.1 Å². The summed E-state index contributed by atoms with van der Waals surface area (Å²) in [4.78, 5) is 32.3. The van der Waals surface area contributed by atoms with Gasteiger partial charge in [0, 0.05) is 23.9 Å². The molecule has 29 heavy (non-hydrogen) atoms. The molecular formula is C22H24N4O2S. The third-order valence-electron chi connectivity index (χ3n) is 4.95. The van der Waals surface area contributed by atoms with Crippen LogP contribution < -0.4 is 10.6 Å². The number of rotatable bonds is 4. The lowest BCUT2D eigenvalue weighted by molar-refractivity contribution is -0.131. The Bertz CT molecular complexity index is 1050. The van der Waals surface area contributed by atoms with E-state index in [4.69, 9.17) is 0 Å². The van der Waals surface area contributed by atoms with E-state index < -0.39 is 0 Å². The van der Waals surface area contributed by atoms with E-state index >= 15 is 0 Å². The standard InChI is InChI=1S/C22H24N4O2S/c1-14(2)23-21(28)25-22-24-18-10-11-26(13-19(18)29-22)20(27)12-16-8-5-7-15-6-3-4-9-17(15)16/h3-9,14H,10-13H2,1-2H3,(H2,23,24,25,28). The van der Waals surface area contributed by atoms with Gasteiger partial charge in [-0.1, -0.05) is 53.8 Å². The second kappa shape index (κ2) is 8.21. The number of amides is 3. The summed E-state index contributed by atoms with van der Waals surface area (Å²) in [6, 6.07) is 14.1. The highest BCUT2D eigenvalue weighted by molar-refractivity contribution is 7.15. The van der Waals surface area contributed by atoms with Crippen molar-refractivity contribution in [3.63, 3.8) is 0 Å². The number of hydrogen-bond donors (Lipinski definition) is 2. The van der Waals surface area contributed by atoms with E-state index in [1.54, 1.807) is 0 Å². The first-order valence-electron chi connectivity index (χ1n) is 9.80. The topological polar surface area (TPSA) is 74.3 Å². The second-order valence-corrected chi connectivity index (χ2v) is 8.61. The lowest BCUT2D eigenvalue weighted by Crippen LogP contribution is -2.36. The van der Waals surface area contributed by atoms with E-state index in [1.807, 2.05) is 43.0 Å². The Balaban J connectivity index is 1.44. The van der Waals surface area contributed by atoms with Crippen molar-refractivity contribution in [2.45, 2.75) is 39.3 Å². The van der Waals surface area contributed by atoms with Crippen molar-refractivity contribution in [1.82, 2.24) is 15.2 Å². The van der Waals surface area contributed by atoms with Crippen molar-refractivity contribution in [3.05, 3.63) is 58.6 Å². The van der Waals surface area contributed by atoms with Crippen molar-refractivity contribution in [3.8, 4) is 0 Å². The molecule has 2 N–H and O–H groups in total. The van der Waals surface area contributed by atoms with Gasteiger partial charge in [0.1, 0.15) is 0 Å². The van der Waals surface area contributed by atoms with Crippen LogP contribution in [0.15, 0.2) is 42.5 Å². The van der Waals surface area contributed by atoms with Gasteiger partial charge in [-0.25, -0.2) is 9.78 Å². The number of nitrogens with one attached hydrogen (secondary N) is 2. The minimum Gasteiger partial charge on any atom is -0.337 e. The molecule has 150 valence electrons. The Hall–Kier alpha value is -2.93. The number of thiazole rings is 1. The van der Waals surface area contributed by atoms with Crippen LogP contribution in [0.2, 0.25) is 0 Å². The Kier molecular flexibility index (Phi) is 5.49. The van der Waals surface area contributed by atoms with Crippen LogP contribution in [-0.4, -0.2) is 34.4 Å². The number of nitrogens with zero attached hydrogens (tertiary/aromatic N) is 2. The van der Waals surface area contributed by atoms with E-state index in [0.717, 1.165) is 26.9 Å². The highest BCUT2D eigenvalue weighted by Gasteiger charge is 2.25. The third kappa shape index (κ3) is 4.40. The van der Waals surface area contributed by atoms with Crippen LogP contribution in [-0.2, 0) is 24.2 Å². The van der Waals surface area contributed by atoms with Gasteiger partial charge in [-0.2, -0.15) is 0 Å². The van der Waals surface area contributed by atoms with Crippen molar-refractivity contribution >= 4 is 39.2 Å². The first-order valence-corrected chi connectivity index (χ1v) is 10.6. The molecule has 0 spiro atoms. The summed E-state index contributed by atoms with van der Waals surface area (Å²) in [5.41, 5.74) is 2.03.